The first-order valence-electron chi connectivity index (χ1n) is 7.99. The number of hydrogen-bond acceptors (Lipinski definition) is 9. The molecule has 0 fully saturated rings. The summed E-state index contributed by atoms with van der Waals surface area (Å²) in [4.78, 5) is 16.2. The maximum atomic E-state index is 11.7. The van der Waals surface area contributed by atoms with Crippen LogP contribution < -0.4 is 0 Å². The first-order chi connectivity index (χ1) is 13.8. The van der Waals surface area contributed by atoms with E-state index >= 15 is 0 Å². The maximum Gasteiger partial charge on any atom is 0.335 e. The highest BCUT2D eigenvalue weighted by Gasteiger charge is 2.20. The van der Waals surface area contributed by atoms with Crippen molar-refractivity contribution < 1.29 is 18.3 Å². The van der Waals surface area contributed by atoms with Crippen molar-refractivity contribution in [3.8, 4) is 16.4 Å². The number of benzene rings is 1. The zero-order valence-corrected chi connectivity index (χ0v) is 18.0. The Morgan fingerprint density at radius 3 is 2.52 bits per heavy atom. The summed E-state index contributed by atoms with van der Waals surface area (Å²) in [6, 6.07) is 10.2. The number of aromatic nitrogens is 4. The number of sulfone groups is 1. The molecule has 3 aromatic heterocycles. The molecule has 0 radical (unpaired) electrons. The van der Waals surface area contributed by atoms with Crippen LogP contribution in [0.15, 0.2) is 61.7 Å². The van der Waals surface area contributed by atoms with Crippen LogP contribution in [0.5, 0.6) is 0 Å². The highest BCUT2D eigenvalue weighted by Crippen LogP contribution is 2.36. The van der Waals surface area contributed by atoms with Crippen molar-refractivity contribution in [3.63, 3.8) is 0 Å². The second kappa shape index (κ2) is 7.71. The number of thiophene rings is 1. The van der Waals surface area contributed by atoms with Gasteiger partial charge in [0.1, 0.15) is 4.21 Å². The standard InChI is InChI=1S/C17H12N4O4S4/c1-29(24,25)13-9-18-17(27-13)28-16-20-19-14(12-3-2-8-26-12)21(16)11-6-4-10(5-7-11)15(22)23/h2-9H,1H3,(H,22,23). The summed E-state index contributed by atoms with van der Waals surface area (Å²) >= 11 is 3.76. The van der Waals surface area contributed by atoms with Crippen LogP contribution in [-0.4, -0.2) is 45.5 Å². The molecule has 0 saturated carbocycles. The van der Waals surface area contributed by atoms with Gasteiger partial charge >= 0.3 is 5.97 Å². The Morgan fingerprint density at radius 2 is 1.93 bits per heavy atom. The summed E-state index contributed by atoms with van der Waals surface area (Å²) in [5.41, 5.74) is 0.859. The van der Waals surface area contributed by atoms with Gasteiger partial charge in [0.25, 0.3) is 0 Å². The van der Waals surface area contributed by atoms with E-state index < -0.39 is 15.8 Å². The summed E-state index contributed by atoms with van der Waals surface area (Å²) in [6.45, 7) is 0. The molecular weight excluding hydrogens is 452 g/mol. The highest BCUT2D eigenvalue weighted by atomic mass is 32.2. The van der Waals surface area contributed by atoms with Crippen molar-refractivity contribution in [2.75, 3.05) is 6.26 Å². The van der Waals surface area contributed by atoms with Crippen molar-refractivity contribution in [2.45, 2.75) is 13.7 Å². The first-order valence-corrected chi connectivity index (χ1v) is 12.4. The van der Waals surface area contributed by atoms with Crippen LogP contribution in [0.25, 0.3) is 16.4 Å². The molecule has 148 valence electrons. The molecule has 0 unspecified atom stereocenters. The van der Waals surface area contributed by atoms with Crippen molar-refractivity contribution >= 4 is 50.2 Å². The van der Waals surface area contributed by atoms with E-state index in [1.165, 1.54) is 41.4 Å². The molecule has 1 N–H and O–H groups in total. The lowest BCUT2D eigenvalue weighted by Crippen LogP contribution is -2.01. The molecule has 0 aliphatic carbocycles. The Hall–Kier alpha value is -2.54. The molecule has 12 heteroatoms. The lowest BCUT2D eigenvalue weighted by molar-refractivity contribution is 0.0697. The number of aromatic carboxylic acids is 1. The molecule has 0 saturated heterocycles. The molecule has 29 heavy (non-hydrogen) atoms. The monoisotopic (exact) mass is 464 g/mol. The normalized spacial score (nSPS) is 11.6. The van der Waals surface area contributed by atoms with E-state index in [1.54, 1.807) is 16.7 Å². The van der Waals surface area contributed by atoms with Crippen molar-refractivity contribution in [1.29, 1.82) is 0 Å². The summed E-state index contributed by atoms with van der Waals surface area (Å²) < 4.78 is 25.9. The molecule has 1 aromatic carbocycles. The smallest absolute Gasteiger partial charge is 0.335 e. The minimum Gasteiger partial charge on any atom is -0.478 e. The SMILES string of the molecule is CS(=O)(=O)c1cnc(Sc2nnc(-c3cccs3)n2-c2ccc(C(=O)O)cc2)s1. The van der Waals surface area contributed by atoms with Gasteiger partial charge in [0.15, 0.2) is 20.0 Å². The van der Waals surface area contributed by atoms with Crippen LogP contribution in [-0.2, 0) is 9.84 Å². The maximum absolute atomic E-state index is 11.7. The second-order valence-corrected chi connectivity index (χ2v) is 11.2. The van der Waals surface area contributed by atoms with Gasteiger partial charge in [-0.15, -0.1) is 21.5 Å². The molecule has 0 aliphatic heterocycles. The quantitative estimate of drug-likeness (QED) is 0.459. The average Bonchev–Trinajstić information content (AvgIpc) is 3.42. The fourth-order valence-corrected chi connectivity index (χ4v) is 6.04. The fraction of sp³-hybridized carbons (Fsp3) is 0.0588. The summed E-state index contributed by atoms with van der Waals surface area (Å²) in [5.74, 6) is -0.407. The minimum atomic E-state index is -3.33. The number of carboxylic acids is 1. The second-order valence-electron chi connectivity index (χ2n) is 5.79. The number of hydrogen-bond donors (Lipinski definition) is 1. The third-order valence-electron chi connectivity index (χ3n) is 3.75. The van der Waals surface area contributed by atoms with Crippen molar-refractivity contribution in [2.24, 2.45) is 0 Å². The topological polar surface area (TPSA) is 115 Å². The van der Waals surface area contributed by atoms with Gasteiger partial charge in [-0.3, -0.25) is 4.57 Å². The number of thiazole rings is 1. The predicted molar refractivity (Wildman–Crippen MR) is 111 cm³/mol. The zero-order valence-electron chi connectivity index (χ0n) is 14.7. The van der Waals surface area contributed by atoms with E-state index in [0.717, 1.165) is 22.5 Å². The number of carbonyl (C=O) groups is 1. The molecule has 0 amide bonds. The van der Waals surface area contributed by atoms with Gasteiger partial charge < -0.3 is 5.11 Å². The molecule has 0 aliphatic rings. The van der Waals surface area contributed by atoms with Crippen LogP contribution >= 0.6 is 34.4 Å². The van der Waals surface area contributed by atoms with Gasteiger partial charge in [-0.2, -0.15) is 0 Å². The average molecular weight is 465 g/mol. The van der Waals surface area contributed by atoms with E-state index in [9.17, 15) is 13.2 Å². The van der Waals surface area contributed by atoms with Crippen molar-refractivity contribution in [3.05, 3.63) is 53.5 Å². The Balaban J connectivity index is 1.78. The van der Waals surface area contributed by atoms with E-state index in [1.807, 2.05) is 17.5 Å². The Kier molecular flexibility index (Phi) is 5.25. The number of nitrogens with zero attached hydrogens (tertiary/aromatic N) is 4. The molecule has 3 heterocycles. The lowest BCUT2D eigenvalue weighted by atomic mass is 10.2. The molecule has 0 atom stereocenters. The lowest BCUT2D eigenvalue weighted by Gasteiger charge is -2.09. The summed E-state index contributed by atoms with van der Waals surface area (Å²) in [6.07, 6.45) is 2.46. The van der Waals surface area contributed by atoms with Crippen LogP contribution in [0.1, 0.15) is 10.4 Å². The van der Waals surface area contributed by atoms with E-state index in [2.05, 4.69) is 15.2 Å². The van der Waals surface area contributed by atoms with Gasteiger partial charge in [-0.1, -0.05) is 17.4 Å². The van der Waals surface area contributed by atoms with Crippen LogP contribution in [0, 0.1) is 0 Å². The van der Waals surface area contributed by atoms with E-state index in [0.29, 0.717) is 21.0 Å². The van der Waals surface area contributed by atoms with Crippen LogP contribution in [0.2, 0.25) is 0 Å². The third kappa shape index (κ3) is 4.10. The Labute approximate surface area is 177 Å². The molecular formula is C17H12N4O4S4. The van der Waals surface area contributed by atoms with Crippen LogP contribution in [0.3, 0.4) is 0 Å². The van der Waals surface area contributed by atoms with Crippen LogP contribution in [0.4, 0.5) is 0 Å². The summed E-state index contributed by atoms with van der Waals surface area (Å²) in [5, 5.41) is 20.1. The molecule has 4 rings (SSSR count). The van der Waals surface area contributed by atoms with Gasteiger partial charge in [-0.05, 0) is 47.5 Å². The first kappa shape index (κ1) is 19.8. The largest absolute Gasteiger partial charge is 0.478 e. The number of rotatable bonds is 6. The molecule has 8 nitrogen and oxygen atoms in total. The third-order valence-corrected chi connectivity index (χ3v) is 8.43. The van der Waals surface area contributed by atoms with Gasteiger partial charge in [-0.25, -0.2) is 18.2 Å². The van der Waals surface area contributed by atoms with Crippen molar-refractivity contribution in [1.82, 2.24) is 19.7 Å². The molecule has 0 spiro atoms. The Bertz CT molecular complexity index is 1280. The fourth-order valence-electron chi connectivity index (χ4n) is 2.43. The van der Waals surface area contributed by atoms with E-state index in [4.69, 9.17) is 5.11 Å². The van der Waals surface area contributed by atoms with E-state index in [-0.39, 0.29) is 9.77 Å². The zero-order chi connectivity index (χ0) is 20.6. The van der Waals surface area contributed by atoms with Gasteiger partial charge in [0.05, 0.1) is 16.6 Å². The molecule has 0 bridgehead atoms. The molecule has 4 aromatic rings. The summed E-state index contributed by atoms with van der Waals surface area (Å²) in [7, 11) is -3.33. The van der Waals surface area contributed by atoms with Gasteiger partial charge in [0, 0.05) is 11.9 Å². The highest BCUT2D eigenvalue weighted by molar-refractivity contribution is 8.01. The number of carboxylic acid groups (broad SMARTS) is 1. The minimum absolute atomic E-state index is 0.173. The van der Waals surface area contributed by atoms with Gasteiger partial charge in [0.2, 0.25) is 5.16 Å². The predicted octanol–water partition coefficient (Wildman–Crippen LogP) is 3.71. The Morgan fingerprint density at radius 1 is 1.17 bits per heavy atom.